The number of hydrogen-bond donors (Lipinski definition) is 2. The normalized spacial score (nSPS) is 12.0. The molecule has 1 amide bonds. The molecule has 6 heteroatoms. The fraction of sp³-hybridized carbons (Fsp3) is 0.267. The molecule has 0 aliphatic heterocycles. The average molecular weight is 326 g/mol. The van der Waals surface area contributed by atoms with Crippen LogP contribution in [0.4, 0.5) is 5.69 Å². The number of ether oxygens (including phenoxy) is 1. The summed E-state index contributed by atoms with van der Waals surface area (Å²) < 4.78 is 5.99. The zero-order valence-electron chi connectivity index (χ0n) is 12.0. The lowest BCUT2D eigenvalue weighted by atomic mass is 10.3. The molecule has 1 unspecified atom stereocenters. The summed E-state index contributed by atoms with van der Waals surface area (Å²) in [4.78, 5) is 14.3. The molecule has 2 N–H and O–H groups in total. The Balaban J connectivity index is 1.89. The van der Waals surface area contributed by atoms with Gasteiger partial charge in [-0.1, -0.05) is 23.7 Å². The van der Waals surface area contributed by atoms with Crippen molar-refractivity contribution in [1.82, 2.24) is 0 Å². The molecule has 0 spiro atoms. The highest BCUT2D eigenvalue weighted by atomic mass is 35.5. The van der Waals surface area contributed by atoms with Gasteiger partial charge in [0.2, 0.25) is 0 Å². The minimum atomic E-state index is -0.0420. The SMILES string of the molecule is COc1ccccc1NC(=O)C[NH+](C)Cc1ccc(Cl)s1. The van der Waals surface area contributed by atoms with Gasteiger partial charge in [0.05, 0.1) is 29.1 Å². The summed E-state index contributed by atoms with van der Waals surface area (Å²) in [6, 6.07) is 11.2. The van der Waals surface area contributed by atoms with Crippen LogP contribution in [0, 0.1) is 0 Å². The second-order valence-corrected chi connectivity index (χ2v) is 6.56. The van der Waals surface area contributed by atoms with Gasteiger partial charge in [0, 0.05) is 0 Å². The Morgan fingerprint density at radius 1 is 1.33 bits per heavy atom. The maximum Gasteiger partial charge on any atom is 0.279 e. The maximum absolute atomic E-state index is 12.1. The molecule has 21 heavy (non-hydrogen) atoms. The Kier molecular flexibility index (Phi) is 5.61. The number of quaternary nitrogens is 1. The van der Waals surface area contributed by atoms with Crippen LogP contribution in [0.15, 0.2) is 36.4 Å². The summed E-state index contributed by atoms with van der Waals surface area (Å²) in [5.41, 5.74) is 0.692. The van der Waals surface area contributed by atoms with Crippen LogP contribution in [0.5, 0.6) is 5.75 Å². The van der Waals surface area contributed by atoms with Crippen LogP contribution in [0.3, 0.4) is 0 Å². The number of amides is 1. The molecule has 112 valence electrons. The first-order valence-corrected chi connectivity index (χ1v) is 7.76. The van der Waals surface area contributed by atoms with Crippen LogP contribution < -0.4 is 15.0 Å². The molecule has 0 fully saturated rings. The number of hydrogen-bond acceptors (Lipinski definition) is 3. The molecular formula is C15H18ClN2O2S+. The summed E-state index contributed by atoms with van der Waals surface area (Å²) in [5.74, 6) is 0.619. The van der Waals surface area contributed by atoms with E-state index in [-0.39, 0.29) is 5.91 Å². The molecule has 1 aromatic heterocycles. The highest BCUT2D eigenvalue weighted by Gasteiger charge is 2.13. The monoisotopic (exact) mass is 325 g/mol. The fourth-order valence-corrected chi connectivity index (χ4v) is 3.22. The largest absolute Gasteiger partial charge is 0.495 e. The van der Waals surface area contributed by atoms with Crippen molar-refractivity contribution in [3.63, 3.8) is 0 Å². The summed E-state index contributed by atoms with van der Waals surface area (Å²) >= 11 is 7.45. The molecule has 0 radical (unpaired) electrons. The summed E-state index contributed by atoms with van der Waals surface area (Å²) in [5, 5.41) is 2.88. The lowest BCUT2D eigenvalue weighted by molar-refractivity contribution is -0.884. The lowest BCUT2D eigenvalue weighted by Gasteiger charge is -2.14. The van der Waals surface area contributed by atoms with Gasteiger partial charge in [0.25, 0.3) is 5.91 Å². The Morgan fingerprint density at radius 2 is 2.10 bits per heavy atom. The number of halogens is 1. The number of carbonyl (C=O) groups excluding carboxylic acids is 1. The minimum absolute atomic E-state index is 0.0420. The molecule has 0 aliphatic rings. The van der Waals surface area contributed by atoms with E-state index in [2.05, 4.69) is 5.32 Å². The Hall–Kier alpha value is -1.56. The third-order valence-electron chi connectivity index (χ3n) is 2.95. The first kappa shape index (κ1) is 15.8. The Bertz CT molecular complexity index is 615. The number of benzene rings is 1. The van der Waals surface area contributed by atoms with Gasteiger partial charge in [-0.25, -0.2) is 0 Å². The fourth-order valence-electron chi connectivity index (χ4n) is 2.02. The minimum Gasteiger partial charge on any atom is -0.495 e. The molecule has 2 aromatic rings. The van der Waals surface area contributed by atoms with E-state index >= 15 is 0 Å². The molecule has 1 heterocycles. The molecular weight excluding hydrogens is 308 g/mol. The van der Waals surface area contributed by atoms with Crippen LogP contribution in [0.25, 0.3) is 0 Å². The first-order valence-electron chi connectivity index (χ1n) is 6.57. The van der Waals surface area contributed by atoms with Crippen molar-refractivity contribution in [2.45, 2.75) is 6.54 Å². The summed E-state index contributed by atoms with van der Waals surface area (Å²) in [7, 11) is 3.57. The topological polar surface area (TPSA) is 42.8 Å². The molecule has 1 atom stereocenters. The predicted octanol–water partition coefficient (Wildman–Crippen LogP) is 2.06. The summed E-state index contributed by atoms with van der Waals surface area (Å²) in [6.07, 6.45) is 0. The van der Waals surface area contributed by atoms with E-state index in [9.17, 15) is 4.79 Å². The second kappa shape index (κ2) is 7.45. The van der Waals surface area contributed by atoms with Crippen molar-refractivity contribution in [3.8, 4) is 5.75 Å². The van der Waals surface area contributed by atoms with Gasteiger partial charge in [-0.05, 0) is 24.3 Å². The van der Waals surface area contributed by atoms with Crippen LogP contribution in [-0.2, 0) is 11.3 Å². The number of likely N-dealkylation sites (N-methyl/N-ethyl adjacent to an activating group) is 1. The second-order valence-electron chi connectivity index (χ2n) is 4.76. The third-order valence-corrected chi connectivity index (χ3v) is 4.18. The van der Waals surface area contributed by atoms with Gasteiger partial charge >= 0.3 is 0 Å². The predicted molar refractivity (Wildman–Crippen MR) is 86.4 cm³/mol. The van der Waals surface area contributed by atoms with Gasteiger partial charge in [-0.2, -0.15) is 0 Å². The molecule has 0 aliphatic carbocycles. The Morgan fingerprint density at radius 3 is 2.76 bits per heavy atom. The molecule has 0 bridgehead atoms. The molecule has 1 aromatic carbocycles. The van der Waals surface area contributed by atoms with Crippen LogP contribution in [-0.4, -0.2) is 26.6 Å². The van der Waals surface area contributed by atoms with Crippen molar-refractivity contribution in [2.75, 3.05) is 26.0 Å². The first-order chi connectivity index (χ1) is 10.1. The van der Waals surface area contributed by atoms with Crippen molar-refractivity contribution in [1.29, 1.82) is 0 Å². The van der Waals surface area contributed by atoms with Gasteiger partial charge in [-0.15, -0.1) is 11.3 Å². The van der Waals surface area contributed by atoms with Crippen LogP contribution in [0.1, 0.15) is 4.88 Å². The molecule has 0 saturated carbocycles. The highest BCUT2D eigenvalue weighted by molar-refractivity contribution is 7.16. The van der Waals surface area contributed by atoms with E-state index < -0.39 is 0 Å². The molecule has 2 rings (SSSR count). The maximum atomic E-state index is 12.1. The Labute approximate surface area is 133 Å². The van der Waals surface area contributed by atoms with E-state index in [0.29, 0.717) is 18.0 Å². The van der Waals surface area contributed by atoms with Crippen LogP contribution in [0.2, 0.25) is 4.34 Å². The van der Waals surface area contributed by atoms with Crippen LogP contribution >= 0.6 is 22.9 Å². The lowest BCUT2D eigenvalue weighted by Crippen LogP contribution is -3.08. The van der Waals surface area contributed by atoms with Crippen molar-refractivity contribution in [2.24, 2.45) is 0 Å². The van der Waals surface area contributed by atoms with Gasteiger partial charge in [0.1, 0.15) is 12.3 Å². The number of carbonyl (C=O) groups is 1. The quantitative estimate of drug-likeness (QED) is 0.854. The van der Waals surface area contributed by atoms with Gasteiger partial charge < -0.3 is 15.0 Å². The van der Waals surface area contributed by atoms with E-state index in [1.54, 1.807) is 18.4 Å². The zero-order chi connectivity index (χ0) is 15.2. The average Bonchev–Trinajstić information content (AvgIpc) is 2.84. The summed E-state index contributed by atoms with van der Waals surface area (Å²) in [6.45, 7) is 1.16. The number of thiophene rings is 1. The zero-order valence-corrected chi connectivity index (χ0v) is 13.6. The van der Waals surface area contributed by atoms with E-state index in [0.717, 1.165) is 15.8 Å². The van der Waals surface area contributed by atoms with E-state index in [1.165, 1.54) is 4.88 Å². The van der Waals surface area contributed by atoms with Crippen molar-refractivity contribution >= 4 is 34.5 Å². The number of para-hydroxylation sites is 2. The number of anilines is 1. The van der Waals surface area contributed by atoms with E-state index in [1.807, 2.05) is 43.4 Å². The number of nitrogens with one attached hydrogen (secondary N) is 2. The van der Waals surface area contributed by atoms with Crippen molar-refractivity contribution in [3.05, 3.63) is 45.6 Å². The molecule has 4 nitrogen and oxygen atoms in total. The molecule has 0 saturated heterocycles. The van der Waals surface area contributed by atoms with E-state index in [4.69, 9.17) is 16.3 Å². The standard InChI is InChI=1S/C15H17ClN2O2S/c1-18(9-11-7-8-14(16)21-11)10-15(19)17-12-5-3-4-6-13(12)20-2/h3-8H,9-10H2,1-2H3,(H,17,19)/p+1. The number of rotatable bonds is 6. The van der Waals surface area contributed by atoms with Gasteiger partial charge in [-0.3, -0.25) is 4.79 Å². The highest BCUT2D eigenvalue weighted by Crippen LogP contribution is 2.22. The third kappa shape index (κ3) is 4.74. The smallest absolute Gasteiger partial charge is 0.279 e. The number of methoxy groups -OCH3 is 1. The van der Waals surface area contributed by atoms with Gasteiger partial charge in [0.15, 0.2) is 6.54 Å². The van der Waals surface area contributed by atoms with Crippen molar-refractivity contribution < 1.29 is 14.4 Å².